The predicted molar refractivity (Wildman–Crippen MR) is 128 cm³/mol. The van der Waals surface area contributed by atoms with Gasteiger partial charge in [0.2, 0.25) is 5.88 Å². The van der Waals surface area contributed by atoms with Gasteiger partial charge in [0.05, 0.1) is 24.9 Å². The number of fused-ring (bicyclic) bond motifs is 2. The summed E-state index contributed by atoms with van der Waals surface area (Å²) >= 11 is 0. The van der Waals surface area contributed by atoms with Crippen molar-refractivity contribution < 1.29 is 14.2 Å². The fraction of sp³-hybridized carbons (Fsp3) is 0.440. The first-order valence-electron chi connectivity index (χ1n) is 11.4. The largest absolute Gasteiger partial charge is 0.507 e. The summed E-state index contributed by atoms with van der Waals surface area (Å²) in [5.41, 5.74) is 1.53. The summed E-state index contributed by atoms with van der Waals surface area (Å²) < 4.78 is 20.6. The molecule has 4 atom stereocenters. The number of halogens is 1. The van der Waals surface area contributed by atoms with Gasteiger partial charge in [-0.25, -0.2) is 14.4 Å². The van der Waals surface area contributed by atoms with Crippen molar-refractivity contribution in [1.29, 1.82) is 0 Å². The van der Waals surface area contributed by atoms with Gasteiger partial charge in [0.25, 0.3) is 0 Å². The molecule has 1 aromatic carbocycles. The molecule has 2 bridgehead atoms. The fourth-order valence-corrected chi connectivity index (χ4v) is 5.36. The average molecular weight is 465 g/mol. The Morgan fingerprint density at radius 1 is 1.12 bits per heavy atom. The number of rotatable bonds is 5. The summed E-state index contributed by atoms with van der Waals surface area (Å²) in [5.74, 6) is 1.34. The van der Waals surface area contributed by atoms with Crippen molar-refractivity contribution in [2.75, 3.05) is 19.1 Å². The number of hydrogen-bond donors (Lipinski definition) is 2. The van der Waals surface area contributed by atoms with Crippen LogP contribution in [0.3, 0.4) is 0 Å². The molecule has 2 fully saturated rings. The lowest BCUT2D eigenvalue weighted by Crippen LogP contribution is -2.65. The van der Waals surface area contributed by atoms with Crippen molar-refractivity contribution in [3.63, 3.8) is 0 Å². The first-order chi connectivity index (χ1) is 16.2. The lowest BCUT2D eigenvalue weighted by atomic mass is 9.82. The van der Waals surface area contributed by atoms with Gasteiger partial charge in [0.1, 0.15) is 11.9 Å². The number of phenolic OH excluding ortho intramolecular Hbond substituents is 1. The summed E-state index contributed by atoms with van der Waals surface area (Å²) in [6.45, 7) is 4.12. The highest BCUT2D eigenvalue weighted by atomic mass is 19.1. The van der Waals surface area contributed by atoms with Crippen LogP contribution < -0.4 is 15.0 Å². The molecule has 0 saturated carbocycles. The number of anilines is 1. The lowest BCUT2D eigenvalue weighted by molar-refractivity contribution is 0.0859. The molecule has 2 N–H and O–H groups in total. The van der Waals surface area contributed by atoms with Gasteiger partial charge >= 0.3 is 0 Å². The SMILES string of the molecule is COc1cc(-c2ccc(-c3ncc(N(C)[C@@H]4C[C@@]5(C)CC[C@](C)(N5)[C@@H]4F)nn3)c(O)c2)ccn1. The van der Waals surface area contributed by atoms with E-state index in [9.17, 15) is 5.11 Å². The standard InChI is InChI=1S/C25H29FN6O2/c1-24-8-9-25(2,31-24)22(26)18(13-24)32(3)20-14-28-23(30-29-20)17-6-5-15(11-19(17)33)16-7-10-27-21(12-16)34-4/h5-7,10-12,14,18,22,31,33H,8-9,13H2,1-4H3/t18-,22-,24-,25+/m1/s1. The Labute approximate surface area is 198 Å². The Morgan fingerprint density at radius 3 is 2.62 bits per heavy atom. The van der Waals surface area contributed by atoms with Gasteiger partial charge in [-0.05, 0) is 62.4 Å². The highest BCUT2D eigenvalue weighted by molar-refractivity contribution is 5.73. The van der Waals surface area contributed by atoms with E-state index in [2.05, 4.69) is 32.4 Å². The zero-order valence-corrected chi connectivity index (χ0v) is 19.8. The summed E-state index contributed by atoms with van der Waals surface area (Å²) in [5, 5.41) is 22.7. The second-order valence-electron chi connectivity index (χ2n) is 9.85. The zero-order chi connectivity index (χ0) is 24.1. The summed E-state index contributed by atoms with van der Waals surface area (Å²) in [4.78, 5) is 10.4. The second-order valence-corrected chi connectivity index (χ2v) is 9.85. The van der Waals surface area contributed by atoms with E-state index in [-0.39, 0.29) is 17.3 Å². The van der Waals surface area contributed by atoms with Crippen molar-refractivity contribution in [3.8, 4) is 34.1 Å². The van der Waals surface area contributed by atoms with E-state index in [1.807, 2.05) is 31.0 Å². The Hall–Kier alpha value is -3.33. The van der Waals surface area contributed by atoms with Crippen LogP contribution in [0.15, 0.2) is 42.7 Å². The van der Waals surface area contributed by atoms with Crippen LogP contribution in [0.1, 0.15) is 33.1 Å². The highest BCUT2D eigenvalue weighted by Gasteiger charge is 2.56. The van der Waals surface area contributed by atoms with Crippen molar-refractivity contribution in [1.82, 2.24) is 25.5 Å². The third-order valence-electron chi connectivity index (χ3n) is 7.31. The van der Waals surface area contributed by atoms with E-state index >= 15 is 4.39 Å². The zero-order valence-electron chi connectivity index (χ0n) is 19.8. The Balaban J connectivity index is 1.37. The van der Waals surface area contributed by atoms with Gasteiger partial charge < -0.3 is 20.1 Å². The number of nitrogens with one attached hydrogen (secondary N) is 1. The van der Waals surface area contributed by atoms with E-state index in [4.69, 9.17) is 4.74 Å². The van der Waals surface area contributed by atoms with Crippen molar-refractivity contribution in [2.45, 2.75) is 56.4 Å². The molecule has 5 rings (SSSR count). The van der Waals surface area contributed by atoms with Crippen LogP contribution >= 0.6 is 0 Å². The number of benzene rings is 1. The molecule has 2 aliphatic heterocycles. The van der Waals surface area contributed by atoms with Crippen molar-refractivity contribution in [3.05, 3.63) is 42.7 Å². The first kappa shape index (κ1) is 22.5. The Morgan fingerprint density at radius 2 is 1.91 bits per heavy atom. The monoisotopic (exact) mass is 464 g/mol. The van der Waals surface area contributed by atoms with Crippen LogP contribution in [0, 0.1) is 0 Å². The number of phenols is 1. The maximum atomic E-state index is 15.4. The molecule has 4 heterocycles. The smallest absolute Gasteiger partial charge is 0.213 e. The molecule has 2 aromatic heterocycles. The molecule has 0 amide bonds. The van der Waals surface area contributed by atoms with Crippen LogP contribution in [0.5, 0.6) is 11.6 Å². The summed E-state index contributed by atoms with van der Waals surface area (Å²) in [7, 11) is 3.40. The number of piperidine rings is 1. The summed E-state index contributed by atoms with van der Waals surface area (Å²) in [6, 6.07) is 8.59. The normalized spacial score (nSPS) is 28.0. The number of aromatic hydroxyl groups is 1. The molecule has 0 spiro atoms. The molecular formula is C25H29FN6O2. The Bertz CT molecular complexity index is 1210. The average Bonchev–Trinajstić information content (AvgIpc) is 3.12. The molecule has 2 saturated heterocycles. The van der Waals surface area contributed by atoms with Crippen molar-refractivity contribution >= 4 is 5.82 Å². The van der Waals surface area contributed by atoms with Gasteiger partial charge in [-0.3, -0.25) is 0 Å². The molecule has 2 aliphatic rings. The molecule has 3 aromatic rings. The van der Waals surface area contributed by atoms with E-state index in [0.29, 0.717) is 29.5 Å². The van der Waals surface area contributed by atoms with Crippen LogP contribution in [-0.4, -0.2) is 62.7 Å². The van der Waals surface area contributed by atoms with Crippen LogP contribution in [-0.2, 0) is 0 Å². The van der Waals surface area contributed by atoms with E-state index < -0.39 is 11.7 Å². The molecule has 34 heavy (non-hydrogen) atoms. The number of methoxy groups -OCH3 is 1. The number of hydrogen-bond acceptors (Lipinski definition) is 8. The van der Waals surface area contributed by atoms with Crippen LogP contribution in [0.25, 0.3) is 22.5 Å². The predicted octanol–water partition coefficient (Wildman–Crippen LogP) is 3.76. The second kappa shape index (κ2) is 8.16. The van der Waals surface area contributed by atoms with Gasteiger partial charge in [0, 0.05) is 30.4 Å². The highest BCUT2D eigenvalue weighted by Crippen LogP contribution is 2.45. The molecule has 0 radical (unpaired) electrons. The molecule has 9 heteroatoms. The van der Waals surface area contributed by atoms with Crippen LogP contribution in [0.4, 0.5) is 10.2 Å². The Kier molecular flexibility index (Phi) is 5.39. The van der Waals surface area contributed by atoms with Gasteiger partial charge in [-0.15, -0.1) is 10.2 Å². The van der Waals surface area contributed by atoms with E-state index in [1.54, 1.807) is 37.7 Å². The van der Waals surface area contributed by atoms with Crippen molar-refractivity contribution in [2.24, 2.45) is 0 Å². The van der Waals surface area contributed by atoms with Gasteiger partial charge in [-0.1, -0.05) is 6.07 Å². The number of pyridine rings is 1. The van der Waals surface area contributed by atoms with Crippen LogP contribution in [0.2, 0.25) is 0 Å². The number of ether oxygens (including phenoxy) is 1. The lowest BCUT2D eigenvalue weighted by Gasteiger charge is -2.47. The van der Waals surface area contributed by atoms with E-state index in [1.165, 1.54) is 0 Å². The maximum Gasteiger partial charge on any atom is 0.213 e. The molecule has 178 valence electrons. The quantitative estimate of drug-likeness (QED) is 0.589. The maximum absolute atomic E-state index is 15.4. The third-order valence-corrected chi connectivity index (χ3v) is 7.31. The molecule has 0 aliphatic carbocycles. The minimum atomic E-state index is -1.03. The van der Waals surface area contributed by atoms with E-state index in [0.717, 1.165) is 24.0 Å². The first-order valence-corrected chi connectivity index (χ1v) is 11.4. The van der Waals surface area contributed by atoms with Gasteiger partial charge in [-0.2, -0.15) is 0 Å². The number of alkyl halides is 1. The number of aromatic nitrogens is 4. The number of nitrogens with zero attached hydrogens (tertiary/aromatic N) is 5. The molecule has 8 nitrogen and oxygen atoms in total. The molecular weight excluding hydrogens is 435 g/mol. The summed E-state index contributed by atoms with van der Waals surface area (Å²) in [6.07, 6.45) is 4.67. The minimum absolute atomic E-state index is 0.0378. The molecule has 0 unspecified atom stereocenters. The topological polar surface area (TPSA) is 96.3 Å². The fourth-order valence-electron chi connectivity index (χ4n) is 5.36. The van der Waals surface area contributed by atoms with Gasteiger partial charge in [0.15, 0.2) is 11.6 Å². The minimum Gasteiger partial charge on any atom is -0.507 e. The third kappa shape index (κ3) is 3.83.